The molecule has 9 heteroatoms. The van der Waals surface area contributed by atoms with Crippen LogP contribution in [-0.2, 0) is 4.79 Å². The predicted molar refractivity (Wildman–Crippen MR) is 99.4 cm³/mol. The van der Waals surface area contributed by atoms with Gasteiger partial charge in [-0.05, 0) is 30.7 Å². The monoisotopic (exact) mass is 392 g/mol. The van der Waals surface area contributed by atoms with Gasteiger partial charge >= 0.3 is 0 Å². The summed E-state index contributed by atoms with van der Waals surface area (Å²) in [6.07, 6.45) is 3.13. The molecule has 1 unspecified atom stereocenters. The maximum Gasteiger partial charge on any atom is 0.278 e. The SMILES string of the molecule is CCC(=O)Nc1cc(C(C)NC(=O)c2ccc(OCC(C)(F)F)nc2)ccn1. The highest BCUT2D eigenvalue weighted by molar-refractivity contribution is 5.94. The Morgan fingerprint density at radius 3 is 2.61 bits per heavy atom. The second-order valence-corrected chi connectivity index (χ2v) is 6.32. The first kappa shape index (κ1) is 21.2. The lowest BCUT2D eigenvalue weighted by molar-refractivity contribution is -0.115. The summed E-state index contributed by atoms with van der Waals surface area (Å²) in [6, 6.07) is 5.85. The lowest BCUT2D eigenvalue weighted by Crippen LogP contribution is -2.27. The summed E-state index contributed by atoms with van der Waals surface area (Å²) in [5.74, 6) is -3.09. The molecule has 150 valence electrons. The Balaban J connectivity index is 1.98. The van der Waals surface area contributed by atoms with Crippen LogP contribution < -0.4 is 15.4 Å². The van der Waals surface area contributed by atoms with E-state index >= 15 is 0 Å². The molecular weight excluding hydrogens is 370 g/mol. The van der Waals surface area contributed by atoms with Crippen molar-refractivity contribution in [3.8, 4) is 5.88 Å². The van der Waals surface area contributed by atoms with E-state index in [0.717, 1.165) is 12.5 Å². The highest BCUT2D eigenvalue weighted by atomic mass is 19.3. The van der Waals surface area contributed by atoms with Crippen LogP contribution in [-0.4, -0.2) is 34.3 Å². The molecule has 0 aliphatic rings. The molecule has 0 aliphatic carbocycles. The molecule has 2 amide bonds. The van der Waals surface area contributed by atoms with Crippen molar-refractivity contribution in [2.45, 2.75) is 39.2 Å². The van der Waals surface area contributed by atoms with Crippen molar-refractivity contribution < 1.29 is 23.1 Å². The van der Waals surface area contributed by atoms with Crippen LogP contribution in [0.3, 0.4) is 0 Å². The van der Waals surface area contributed by atoms with Gasteiger partial charge in [0.05, 0.1) is 11.6 Å². The Hall–Kier alpha value is -3.10. The van der Waals surface area contributed by atoms with Gasteiger partial charge in [0.15, 0.2) is 6.61 Å². The molecule has 2 rings (SSSR count). The number of alkyl halides is 2. The van der Waals surface area contributed by atoms with Gasteiger partial charge in [-0.3, -0.25) is 9.59 Å². The van der Waals surface area contributed by atoms with E-state index in [1.165, 1.54) is 18.3 Å². The molecule has 28 heavy (non-hydrogen) atoms. The molecule has 0 bridgehead atoms. The van der Waals surface area contributed by atoms with E-state index in [9.17, 15) is 18.4 Å². The number of halogens is 2. The maximum atomic E-state index is 12.8. The van der Waals surface area contributed by atoms with Crippen LogP contribution >= 0.6 is 0 Å². The highest BCUT2D eigenvalue weighted by Gasteiger charge is 2.22. The van der Waals surface area contributed by atoms with E-state index in [1.54, 1.807) is 32.2 Å². The van der Waals surface area contributed by atoms with Gasteiger partial charge < -0.3 is 15.4 Å². The fraction of sp³-hybridized carbons (Fsp3) is 0.368. The third-order valence-electron chi connectivity index (χ3n) is 3.69. The Bertz CT molecular complexity index is 823. The lowest BCUT2D eigenvalue weighted by Gasteiger charge is -2.15. The average Bonchev–Trinajstić information content (AvgIpc) is 2.66. The zero-order chi connectivity index (χ0) is 20.7. The van der Waals surface area contributed by atoms with E-state index in [4.69, 9.17) is 4.74 Å². The van der Waals surface area contributed by atoms with Crippen molar-refractivity contribution >= 4 is 17.6 Å². The molecule has 1 atom stereocenters. The van der Waals surface area contributed by atoms with Gasteiger partial charge in [-0.15, -0.1) is 0 Å². The first-order valence-electron chi connectivity index (χ1n) is 8.71. The Morgan fingerprint density at radius 2 is 2.00 bits per heavy atom. The fourth-order valence-electron chi connectivity index (χ4n) is 2.18. The number of pyridine rings is 2. The van der Waals surface area contributed by atoms with Crippen LogP contribution in [0.4, 0.5) is 14.6 Å². The third-order valence-corrected chi connectivity index (χ3v) is 3.69. The minimum Gasteiger partial charge on any atom is -0.471 e. The number of nitrogens with zero attached hydrogens (tertiary/aromatic N) is 2. The molecule has 0 saturated heterocycles. The van der Waals surface area contributed by atoms with Crippen LogP contribution in [0.2, 0.25) is 0 Å². The van der Waals surface area contributed by atoms with Gasteiger partial charge in [0.2, 0.25) is 11.8 Å². The lowest BCUT2D eigenvalue weighted by atomic mass is 10.1. The summed E-state index contributed by atoms with van der Waals surface area (Å²) >= 11 is 0. The minimum atomic E-state index is -2.97. The molecule has 0 aliphatic heterocycles. The number of carbonyl (C=O) groups excluding carboxylic acids is 2. The van der Waals surface area contributed by atoms with E-state index in [2.05, 4.69) is 20.6 Å². The van der Waals surface area contributed by atoms with Gasteiger partial charge in [0, 0.05) is 31.8 Å². The van der Waals surface area contributed by atoms with E-state index < -0.39 is 12.5 Å². The van der Waals surface area contributed by atoms with Crippen molar-refractivity contribution in [3.05, 3.63) is 47.8 Å². The molecule has 0 aromatic carbocycles. The van der Waals surface area contributed by atoms with Gasteiger partial charge in [0.1, 0.15) is 5.82 Å². The number of carbonyl (C=O) groups is 2. The molecule has 0 saturated carbocycles. The number of amides is 2. The number of anilines is 1. The molecule has 2 aromatic heterocycles. The molecule has 0 radical (unpaired) electrons. The van der Waals surface area contributed by atoms with Crippen LogP contribution in [0.1, 0.15) is 49.2 Å². The van der Waals surface area contributed by atoms with Crippen LogP contribution in [0.15, 0.2) is 36.7 Å². The zero-order valence-corrected chi connectivity index (χ0v) is 15.8. The number of nitrogens with one attached hydrogen (secondary N) is 2. The maximum absolute atomic E-state index is 12.8. The number of rotatable bonds is 8. The minimum absolute atomic E-state index is 0.0107. The van der Waals surface area contributed by atoms with E-state index in [-0.39, 0.29) is 29.3 Å². The van der Waals surface area contributed by atoms with Crippen molar-refractivity contribution in [3.63, 3.8) is 0 Å². The van der Waals surface area contributed by atoms with Crippen molar-refractivity contribution in [1.82, 2.24) is 15.3 Å². The molecule has 0 spiro atoms. The smallest absolute Gasteiger partial charge is 0.278 e. The Kier molecular flexibility index (Phi) is 6.97. The second kappa shape index (κ2) is 9.20. The first-order valence-corrected chi connectivity index (χ1v) is 8.71. The van der Waals surface area contributed by atoms with Gasteiger partial charge in [0.25, 0.3) is 11.8 Å². The van der Waals surface area contributed by atoms with Crippen LogP contribution in [0.25, 0.3) is 0 Å². The first-order chi connectivity index (χ1) is 13.2. The molecular formula is C19H22F2N4O3. The number of hydrogen-bond donors (Lipinski definition) is 2. The molecule has 2 N–H and O–H groups in total. The third kappa shape index (κ3) is 6.57. The summed E-state index contributed by atoms with van der Waals surface area (Å²) < 4.78 is 30.5. The molecule has 2 aromatic rings. The van der Waals surface area contributed by atoms with Gasteiger partial charge in [-0.25, -0.2) is 18.7 Å². The molecule has 2 heterocycles. The summed E-state index contributed by atoms with van der Waals surface area (Å²) in [7, 11) is 0. The quantitative estimate of drug-likeness (QED) is 0.719. The van der Waals surface area contributed by atoms with Crippen molar-refractivity contribution in [2.75, 3.05) is 11.9 Å². The number of ether oxygens (including phenoxy) is 1. The summed E-state index contributed by atoms with van der Waals surface area (Å²) in [4.78, 5) is 31.8. The number of hydrogen-bond acceptors (Lipinski definition) is 5. The molecule has 7 nitrogen and oxygen atoms in total. The van der Waals surface area contributed by atoms with Crippen LogP contribution in [0.5, 0.6) is 5.88 Å². The van der Waals surface area contributed by atoms with Gasteiger partial charge in [-0.2, -0.15) is 0 Å². The fourth-order valence-corrected chi connectivity index (χ4v) is 2.18. The second-order valence-electron chi connectivity index (χ2n) is 6.32. The van der Waals surface area contributed by atoms with Gasteiger partial charge in [-0.1, -0.05) is 6.92 Å². The average molecular weight is 392 g/mol. The van der Waals surface area contributed by atoms with Crippen LogP contribution in [0, 0.1) is 0 Å². The van der Waals surface area contributed by atoms with E-state index in [1.807, 2.05) is 0 Å². The summed E-state index contributed by atoms with van der Waals surface area (Å²) in [5.41, 5.74) is 1.02. The number of aromatic nitrogens is 2. The Morgan fingerprint density at radius 1 is 1.25 bits per heavy atom. The zero-order valence-electron chi connectivity index (χ0n) is 15.8. The van der Waals surface area contributed by atoms with Crippen molar-refractivity contribution in [1.29, 1.82) is 0 Å². The topological polar surface area (TPSA) is 93.2 Å². The molecule has 0 fully saturated rings. The van der Waals surface area contributed by atoms with E-state index in [0.29, 0.717) is 12.2 Å². The predicted octanol–water partition coefficient (Wildman–Crippen LogP) is 3.35. The standard InChI is InChI=1S/C19H22F2N4O3/c1-4-16(26)25-15-9-13(7-8-22-15)12(2)24-18(27)14-5-6-17(23-10-14)28-11-19(3,20)21/h5-10,12H,4,11H2,1-3H3,(H,24,27)(H,22,25,26). The normalized spacial score (nSPS) is 12.2. The van der Waals surface area contributed by atoms with Crippen molar-refractivity contribution in [2.24, 2.45) is 0 Å². The Labute approximate surface area is 161 Å². The summed E-state index contributed by atoms with van der Waals surface area (Å²) in [5, 5.41) is 5.46. The largest absolute Gasteiger partial charge is 0.471 e. The highest BCUT2D eigenvalue weighted by Crippen LogP contribution is 2.17. The summed E-state index contributed by atoms with van der Waals surface area (Å²) in [6.45, 7) is 3.48.